The number of pyridine rings is 1. The van der Waals surface area contributed by atoms with Gasteiger partial charge in [0.25, 0.3) is 0 Å². The highest BCUT2D eigenvalue weighted by Crippen LogP contribution is 2.11. The maximum Gasteiger partial charge on any atom is 0.115 e. The molecule has 2 nitrogen and oxygen atoms in total. The summed E-state index contributed by atoms with van der Waals surface area (Å²) in [4.78, 5) is 7.56. The van der Waals surface area contributed by atoms with Crippen molar-refractivity contribution in [3.05, 3.63) is 29.1 Å². The molecule has 1 heterocycles. The van der Waals surface area contributed by atoms with Gasteiger partial charge in [-0.2, -0.15) is 4.94 Å². The second-order valence-electron chi connectivity index (χ2n) is 2.45. The van der Waals surface area contributed by atoms with Gasteiger partial charge in [-0.15, -0.1) is 0 Å². The summed E-state index contributed by atoms with van der Waals surface area (Å²) in [6, 6.07) is 1.83. The molecule has 0 aliphatic carbocycles. The Morgan fingerprint density at radius 3 is 2.82 bits per heavy atom. The van der Waals surface area contributed by atoms with E-state index in [0.29, 0.717) is 0 Å². The van der Waals surface area contributed by atoms with Crippen LogP contribution in [0.4, 0.5) is 4.53 Å². The van der Waals surface area contributed by atoms with Crippen molar-refractivity contribution in [1.29, 1.82) is 0 Å². The Balaban J connectivity index is 3.00. The van der Waals surface area contributed by atoms with Crippen molar-refractivity contribution >= 4 is 0 Å². The van der Waals surface area contributed by atoms with Crippen LogP contribution in [0, 0.1) is 13.8 Å². The SMILES string of the molecule is Cc1ccnc(C)c1COF. The van der Waals surface area contributed by atoms with E-state index in [2.05, 4.69) is 9.93 Å². The van der Waals surface area contributed by atoms with E-state index in [1.807, 2.05) is 19.9 Å². The van der Waals surface area contributed by atoms with Crippen LogP contribution in [0.3, 0.4) is 0 Å². The highest BCUT2D eigenvalue weighted by molar-refractivity contribution is 5.27. The number of hydrogen-bond donors (Lipinski definition) is 0. The lowest BCUT2D eigenvalue weighted by molar-refractivity contribution is -0.144. The molecule has 0 atom stereocenters. The summed E-state index contributed by atoms with van der Waals surface area (Å²) < 4.78 is 11.5. The van der Waals surface area contributed by atoms with Gasteiger partial charge in [0.05, 0.1) is 0 Å². The molecule has 0 amide bonds. The normalized spacial score (nSPS) is 10.1. The maximum absolute atomic E-state index is 11.5. The van der Waals surface area contributed by atoms with Gasteiger partial charge >= 0.3 is 0 Å². The van der Waals surface area contributed by atoms with Crippen LogP contribution in [0.2, 0.25) is 0 Å². The standard InChI is InChI=1S/C8H10FNO/c1-6-3-4-10-7(2)8(6)5-11-9/h3-4H,5H2,1-2H3. The van der Waals surface area contributed by atoms with Crippen molar-refractivity contribution < 1.29 is 9.47 Å². The van der Waals surface area contributed by atoms with E-state index >= 15 is 0 Å². The molecule has 0 saturated heterocycles. The molecule has 11 heavy (non-hydrogen) atoms. The summed E-state index contributed by atoms with van der Waals surface area (Å²) in [5.41, 5.74) is 2.66. The number of nitrogens with zero attached hydrogens (tertiary/aromatic N) is 1. The van der Waals surface area contributed by atoms with Crippen molar-refractivity contribution in [2.24, 2.45) is 0 Å². The van der Waals surface area contributed by atoms with Gasteiger partial charge in [-0.25, -0.2) is 0 Å². The number of halogens is 1. The molecule has 0 fully saturated rings. The van der Waals surface area contributed by atoms with Gasteiger partial charge in [-0.1, -0.05) is 0 Å². The largest absolute Gasteiger partial charge is 0.261 e. The van der Waals surface area contributed by atoms with Gasteiger partial charge in [0.2, 0.25) is 0 Å². The second kappa shape index (κ2) is 3.44. The molecular formula is C8H10FNO. The fraction of sp³-hybridized carbons (Fsp3) is 0.375. The third kappa shape index (κ3) is 1.74. The highest BCUT2D eigenvalue weighted by atomic mass is 19.3. The first-order chi connectivity index (χ1) is 5.25. The third-order valence-corrected chi connectivity index (χ3v) is 1.70. The van der Waals surface area contributed by atoms with E-state index in [1.165, 1.54) is 0 Å². The monoisotopic (exact) mass is 155 g/mol. The van der Waals surface area contributed by atoms with Gasteiger partial charge in [-0.3, -0.25) is 4.98 Å². The summed E-state index contributed by atoms with van der Waals surface area (Å²) in [5, 5.41) is 0. The number of aromatic nitrogens is 1. The lowest BCUT2D eigenvalue weighted by Gasteiger charge is -2.04. The summed E-state index contributed by atoms with van der Waals surface area (Å²) in [5.74, 6) is 0. The molecule has 0 N–H and O–H groups in total. The molecule has 3 heteroatoms. The minimum Gasteiger partial charge on any atom is -0.261 e. The molecule has 0 unspecified atom stereocenters. The van der Waals surface area contributed by atoms with Crippen LogP contribution in [0.15, 0.2) is 12.3 Å². The van der Waals surface area contributed by atoms with Gasteiger partial charge in [0.15, 0.2) is 0 Å². The zero-order valence-corrected chi connectivity index (χ0v) is 6.60. The summed E-state index contributed by atoms with van der Waals surface area (Å²) in [6.45, 7) is 3.73. The molecule has 0 aliphatic heterocycles. The Morgan fingerprint density at radius 2 is 2.27 bits per heavy atom. The molecule has 1 aromatic heterocycles. The topological polar surface area (TPSA) is 22.1 Å². The van der Waals surface area contributed by atoms with Gasteiger partial charge in [0, 0.05) is 17.5 Å². The number of rotatable bonds is 2. The van der Waals surface area contributed by atoms with Crippen LogP contribution in [0.25, 0.3) is 0 Å². The molecule has 0 saturated carbocycles. The lowest BCUT2D eigenvalue weighted by Crippen LogP contribution is -1.95. The van der Waals surface area contributed by atoms with E-state index in [1.54, 1.807) is 6.20 Å². The molecular weight excluding hydrogens is 145 g/mol. The Hall–Kier alpha value is -0.960. The summed E-state index contributed by atoms with van der Waals surface area (Å²) in [6.07, 6.45) is 1.70. The zero-order chi connectivity index (χ0) is 8.27. The fourth-order valence-corrected chi connectivity index (χ4v) is 0.998. The molecule has 0 radical (unpaired) electrons. The Morgan fingerprint density at radius 1 is 1.55 bits per heavy atom. The van der Waals surface area contributed by atoms with Crippen LogP contribution in [0.1, 0.15) is 16.8 Å². The Labute approximate surface area is 64.9 Å². The highest BCUT2D eigenvalue weighted by Gasteiger charge is 2.02. The number of aryl methyl sites for hydroxylation is 2. The van der Waals surface area contributed by atoms with E-state index in [0.717, 1.165) is 16.8 Å². The van der Waals surface area contributed by atoms with Crippen molar-refractivity contribution in [1.82, 2.24) is 4.98 Å². The predicted octanol–water partition coefficient (Wildman–Crippen LogP) is 2.10. The van der Waals surface area contributed by atoms with Crippen LogP contribution >= 0.6 is 0 Å². The molecule has 1 aromatic rings. The van der Waals surface area contributed by atoms with Crippen LogP contribution < -0.4 is 0 Å². The molecule has 0 aromatic carbocycles. The molecule has 1 rings (SSSR count). The minimum absolute atomic E-state index is 0.00843. The molecule has 60 valence electrons. The van der Waals surface area contributed by atoms with Crippen molar-refractivity contribution in [3.63, 3.8) is 0 Å². The van der Waals surface area contributed by atoms with Crippen LogP contribution in [0.5, 0.6) is 0 Å². The van der Waals surface area contributed by atoms with Gasteiger partial charge < -0.3 is 0 Å². The molecule has 0 bridgehead atoms. The van der Waals surface area contributed by atoms with E-state index in [4.69, 9.17) is 0 Å². The fourth-order valence-electron chi connectivity index (χ4n) is 0.998. The zero-order valence-electron chi connectivity index (χ0n) is 6.60. The average molecular weight is 155 g/mol. The lowest BCUT2D eigenvalue weighted by atomic mass is 10.1. The van der Waals surface area contributed by atoms with Crippen LogP contribution in [-0.4, -0.2) is 4.98 Å². The smallest absolute Gasteiger partial charge is 0.115 e. The second-order valence-corrected chi connectivity index (χ2v) is 2.45. The number of hydrogen-bond acceptors (Lipinski definition) is 2. The maximum atomic E-state index is 11.5. The van der Waals surface area contributed by atoms with Gasteiger partial charge in [0.1, 0.15) is 6.61 Å². The molecule has 0 aliphatic rings. The van der Waals surface area contributed by atoms with Crippen LogP contribution in [-0.2, 0) is 11.5 Å². The van der Waals surface area contributed by atoms with E-state index in [9.17, 15) is 4.53 Å². The predicted molar refractivity (Wildman–Crippen MR) is 39.6 cm³/mol. The first kappa shape index (κ1) is 8.14. The van der Waals surface area contributed by atoms with Crippen molar-refractivity contribution in [3.8, 4) is 0 Å². The minimum atomic E-state index is -0.00843. The average Bonchev–Trinajstić information content (AvgIpc) is 1.97. The Bertz CT molecular complexity index is 230. The first-order valence-corrected chi connectivity index (χ1v) is 3.40. The van der Waals surface area contributed by atoms with Crippen molar-refractivity contribution in [2.75, 3.05) is 0 Å². The quantitative estimate of drug-likeness (QED) is 0.652. The summed E-state index contributed by atoms with van der Waals surface area (Å²) >= 11 is 0. The van der Waals surface area contributed by atoms with E-state index < -0.39 is 0 Å². The first-order valence-electron chi connectivity index (χ1n) is 3.40. The Kier molecular flexibility index (Phi) is 2.54. The summed E-state index contributed by atoms with van der Waals surface area (Å²) in [7, 11) is 0. The molecule has 0 spiro atoms. The van der Waals surface area contributed by atoms with Gasteiger partial charge in [-0.05, 0) is 30.0 Å². The third-order valence-electron chi connectivity index (χ3n) is 1.70. The van der Waals surface area contributed by atoms with E-state index in [-0.39, 0.29) is 6.61 Å². The van der Waals surface area contributed by atoms with Crippen molar-refractivity contribution in [2.45, 2.75) is 20.5 Å².